The van der Waals surface area contributed by atoms with Crippen LogP contribution in [0.25, 0.3) is 0 Å². The van der Waals surface area contributed by atoms with E-state index in [1.807, 2.05) is 31.2 Å². The summed E-state index contributed by atoms with van der Waals surface area (Å²) in [7, 11) is -2.47. The summed E-state index contributed by atoms with van der Waals surface area (Å²) in [6.45, 7) is 1.81. The van der Waals surface area contributed by atoms with Gasteiger partial charge in [-0.15, -0.1) is 0 Å². The van der Waals surface area contributed by atoms with Crippen molar-refractivity contribution in [3.63, 3.8) is 0 Å². The Morgan fingerprint density at radius 1 is 1.00 bits per heavy atom. The van der Waals surface area contributed by atoms with E-state index in [4.69, 9.17) is 4.74 Å². The molecule has 9 heteroatoms. The van der Waals surface area contributed by atoms with E-state index in [9.17, 15) is 18.0 Å². The molecule has 1 heterocycles. The highest BCUT2D eigenvalue weighted by molar-refractivity contribution is 7.89. The second-order valence-electron chi connectivity index (χ2n) is 6.19. The molecule has 1 fully saturated rings. The van der Waals surface area contributed by atoms with Gasteiger partial charge >= 0.3 is 6.03 Å². The van der Waals surface area contributed by atoms with Crippen LogP contribution in [0.15, 0.2) is 53.4 Å². The maximum absolute atomic E-state index is 12.7. The van der Waals surface area contributed by atoms with Crippen LogP contribution in [0.2, 0.25) is 0 Å². The highest BCUT2D eigenvalue weighted by Gasteiger charge is 2.33. The molecule has 1 atom stereocenters. The van der Waals surface area contributed by atoms with Gasteiger partial charge in [-0.1, -0.05) is 17.7 Å². The highest BCUT2D eigenvalue weighted by Crippen LogP contribution is 2.24. The van der Waals surface area contributed by atoms with Gasteiger partial charge in [0.05, 0.1) is 4.90 Å². The van der Waals surface area contributed by atoms with Crippen LogP contribution < -0.4 is 15.4 Å². The SMILES string of the molecule is Cc1ccc(Oc2ccc(S(=O)(=O)N(C)C[C@@H]3NC(=O)NC3=O)cc2)cc1. The lowest BCUT2D eigenvalue weighted by molar-refractivity contribution is -0.120. The van der Waals surface area contributed by atoms with Crippen molar-refractivity contribution in [1.82, 2.24) is 14.9 Å². The summed E-state index contributed by atoms with van der Waals surface area (Å²) in [6.07, 6.45) is 0. The number of carbonyl (C=O) groups is 2. The fraction of sp³-hybridized carbons (Fsp3) is 0.222. The number of ether oxygens (including phenoxy) is 1. The van der Waals surface area contributed by atoms with Gasteiger partial charge in [0.1, 0.15) is 17.5 Å². The number of nitrogens with zero attached hydrogens (tertiary/aromatic N) is 1. The minimum absolute atomic E-state index is 0.0611. The van der Waals surface area contributed by atoms with Crippen molar-refractivity contribution in [2.24, 2.45) is 0 Å². The molecule has 1 aliphatic rings. The van der Waals surface area contributed by atoms with E-state index in [0.29, 0.717) is 11.5 Å². The van der Waals surface area contributed by atoms with Crippen molar-refractivity contribution in [2.75, 3.05) is 13.6 Å². The van der Waals surface area contributed by atoms with Crippen LogP contribution in [0.5, 0.6) is 11.5 Å². The number of rotatable bonds is 6. The number of hydrogen-bond donors (Lipinski definition) is 2. The molecule has 2 N–H and O–H groups in total. The number of hydrogen-bond acceptors (Lipinski definition) is 5. The average Bonchev–Trinajstić information content (AvgIpc) is 2.94. The Hall–Kier alpha value is -2.91. The molecule has 3 amide bonds. The second-order valence-corrected chi connectivity index (χ2v) is 8.23. The molecule has 2 aromatic rings. The number of aryl methyl sites for hydroxylation is 1. The van der Waals surface area contributed by atoms with Crippen LogP contribution in [0, 0.1) is 6.92 Å². The predicted octanol–water partition coefficient (Wildman–Crippen LogP) is 1.62. The third kappa shape index (κ3) is 4.26. The Balaban J connectivity index is 1.70. The van der Waals surface area contributed by atoms with E-state index in [2.05, 4.69) is 10.6 Å². The summed E-state index contributed by atoms with van der Waals surface area (Å²) >= 11 is 0. The number of carbonyl (C=O) groups excluding carboxylic acids is 2. The molecule has 0 radical (unpaired) electrons. The first-order valence-corrected chi connectivity index (χ1v) is 9.62. The molecule has 27 heavy (non-hydrogen) atoms. The van der Waals surface area contributed by atoms with Crippen molar-refractivity contribution in [2.45, 2.75) is 17.9 Å². The molecule has 1 aliphatic heterocycles. The Morgan fingerprint density at radius 3 is 2.07 bits per heavy atom. The zero-order valence-corrected chi connectivity index (χ0v) is 15.6. The van der Waals surface area contributed by atoms with Crippen LogP contribution in [0.1, 0.15) is 5.56 Å². The fourth-order valence-electron chi connectivity index (χ4n) is 2.54. The largest absolute Gasteiger partial charge is 0.457 e. The smallest absolute Gasteiger partial charge is 0.322 e. The van der Waals surface area contributed by atoms with Crippen molar-refractivity contribution >= 4 is 22.0 Å². The lowest BCUT2D eigenvalue weighted by Gasteiger charge is -2.19. The van der Waals surface area contributed by atoms with Crippen molar-refractivity contribution in [1.29, 1.82) is 0 Å². The molecule has 2 aromatic carbocycles. The number of benzene rings is 2. The summed E-state index contributed by atoms with van der Waals surface area (Å²) in [5.74, 6) is 0.600. The molecule has 0 unspecified atom stereocenters. The van der Waals surface area contributed by atoms with Crippen LogP contribution in [-0.4, -0.2) is 44.3 Å². The molecule has 8 nitrogen and oxygen atoms in total. The van der Waals surface area contributed by atoms with Crippen molar-refractivity contribution in [3.8, 4) is 11.5 Å². The molecule has 0 aromatic heterocycles. The monoisotopic (exact) mass is 389 g/mol. The third-order valence-electron chi connectivity index (χ3n) is 4.09. The summed E-state index contributed by atoms with van der Waals surface area (Å²) in [6, 6.07) is 11.9. The quantitative estimate of drug-likeness (QED) is 0.731. The molecule has 0 bridgehead atoms. The van der Waals surface area contributed by atoms with Crippen molar-refractivity contribution in [3.05, 3.63) is 54.1 Å². The molecule has 0 spiro atoms. The van der Waals surface area contributed by atoms with Gasteiger partial charge in [-0.3, -0.25) is 10.1 Å². The summed E-state index contributed by atoms with van der Waals surface area (Å²) < 4.78 is 32.0. The Kier molecular flexibility index (Phi) is 5.15. The molecule has 0 aliphatic carbocycles. The maximum atomic E-state index is 12.7. The molecular weight excluding hydrogens is 370 g/mol. The lowest BCUT2D eigenvalue weighted by atomic mass is 10.2. The molecular formula is C18H19N3O5S. The first kappa shape index (κ1) is 18.9. The van der Waals surface area contributed by atoms with Gasteiger partial charge in [0, 0.05) is 13.6 Å². The Labute approximate surface area is 157 Å². The lowest BCUT2D eigenvalue weighted by Crippen LogP contribution is -2.42. The highest BCUT2D eigenvalue weighted by atomic mass is 32.2. The first-order valence-electron chi connectivity index (χ1n) is 8.18. The van der Waals surface area contributed by atoms with E-state index in [0.717, 1.165) is 9.87 Å². The molecule has 0 saturated carbocycles. The third-order valence-corrected chi connectivity index (χ3v) is 5.92. The van der Waals surface area contributed by atoms with Gasteiger partial charge in [0.25, 0.3) is 5.91 Å². The summed E-state index contributed by atoms with van der Waals surface area (Å²) in [5, 5.41) is 4.44. The van der Waals surface area contributed by atoms with Crippen molar-refractivity contribution < 1.29 is 22.7 Å². The average molecular weight is 389 g/mol. The van der Waals surface area contributed by atoms with Gasteiger partial charge in [-0.25, -0.2) is 13.2 Å². The molecule has 1 saturated heterocycles. The van der Waals surface area contributed by atoms with Crippen LogP contribution in [0.4, 0.5) is 4.79 Å². The maximum Gasteiger partial charge on any atom is 0.322 e. The van der Waals surface area contributed by atoms with Crippen LogP contribution in [0.3, 0.4) is 0 Å². The van der Waals surface area contributed by atoms with E-state index in [1.54, 1.807) is 12.1 Å². The van der Waals surface area contributed by atoms with Crippen LogP contribution in [-0.2, 0) is 14.8 Å². The van der Waals surface area contributed by atoms with Gasteiger partial charge in [0.2, 0.25) is 10.0 Å². The van der Waals surface area contributed by atoms with Gasteiger partial charge in [-0.2, -0.15) is 4.31 Å². The Morgan fingerprint density at radius 2 is 1.56 bits per heavy atom. The normalized spacial score (nSPS) is 16.9. The number of sulfonamides is 1. The number of likely N-dealkylation sites (N-methyl/N-ethyl adjacent to an activating group) is 1. The predicted molar refractivity (Wildman–Crippen MR) is 98.0 cm³/mol. The van der Waals surface area contributed by atoms with Gasteiger partial charge < -0.3 is 10.1 Å². The molecule has 3 rings (SSSR count). The number of imide groups is 1. The minimum atomic E-state index is -3.82. The molecule has 142 valence electrons. The van der Waals surface area contributed by atoms with Gasteiger partial charge in [0.15, 0.2) is 0 Å². The van der Waals surface area contributed by atoms with Crippen LogP contribution >= 0.6 is 0 Å². The first-order chi connectivity index (χ1) is 12.8. The Bertz CT molecular complexity index is 955. The summed E-state index contributed by atoms with van der Waals surface area (Å²) in [5.41, 5.74) is 1.11. The zero-order chi connectivity index (χ0) is 19.6. The standard InChI is InChI=1S/C18H19N3O5S/c1-12-3-5-13(6-4-12)26-14-7-9-15(10-8-14)27(24,25)21(2)11-16-17(22)20-18(23)19-16/h3-10,16H,11H2,1-2H3,(H2,19,20,22,23)/t16-/m0/s1. The summed E-state index contributed by atoms with van der Waals surface area (Å²) in [4.78, 5) is 22.8. The zero-order valence-electron chi connectivity index (χ0n) is 14.8. The fourth-order valence-corrected chi connectivity index (χ4v) is 3.73. The van der Waals surface area contributed by atoms with E-state index < -0.39 is 28.0 Å². The minimum Gasteiger partial charge on any atom is -0.457 e. The number of amides is 3. The van der Waals surface area contributed by atoms with E-state index in [-0.39, 0.29) is 11.4 Å². The van der Waals surface area contributed by atoms with E-state index in [1.165, 1.54) is 19.2 Å². The number of nitrogens with one attached hydrogen (secondary N) is 2. The number of urea groups is 1. The van der Waals surface area contributed by atoms with Gasteiger partial charge in [-0.05, 0) is 43.3 Å². The van der Waals surface area contributed by atoms with E-state index >= 15 is 0 Å². The topological polar surface area (TPSA) is 105 Å². The second kappa shape index (κ2) is 7.37.